The van der Waals surface area contributed by atoms with E-state index in [1.165, 1.54) is 0 Å². The highest BCUT2D eigenvalue weighted by Gasteiger charge is 2.38. The largest absolute Gasteiger partial charge is 0.392 e. The van der Waals surface area contributed by atoms with E-state index in [1.807, 2.05) is 6.20 Å². The molecule has 2 aliphatic rings. The molecule has 0 aromatic rings. The van der Waals surface area contributed by atoms with Crippen molar-refractivity contribution in [1.82, 2.24) is 10.0 Å². The van der Waals surface area contributed by atoms with Crippen LogP contribution in [-0.4, -0.2) is 46.6 Å². The van der Waals surface area contributed by atoms with E-state index >= 15 is 0 Å². The molecular formula is C9H15N3OS2. The highest BCUT2D eigenvalue weighted by Crippen LogP contribution is 2.39. The average molecular weight is 245 g/mol. The molecule has 2 N–H and O–H groups in total. The Hall–Kier alpha value is -0.300. The molecule has 4 nitrogen and oxygen atoms in total. The van der Waals surface area contributed by atoms with Gasteiger partial charge in [0.2, 0.25) is 0 Å². The highest BCUT2D eigenvalue weighted by atomic mass is 32.2. The van der Waals surface area contributed by atoms with Gasteiger partial charge in [0, 0.05) is 24.7 Å². The van der Waals surface area contributed by atoms with Crippen molar-refractivity contribution in [2.24, 2.45) is 5.73 Å². The molecule has 0 saturated carbocycles. The van der Waals surface area contributed by atoms with Gasteiger partial charge in [-0.1, -0.05) is 24.0 Å². The first-order chi connectivity index (χ1) is 7.15. The van der Waals surface area contributed by atoms with Crippen LogP contribution in [0.25, 0.3) is 0 Å². The molecular weight excluding hydrogens is 230 g/mol. The fourth-order valence-corrected chi connectivity index (χ4v) is 2.96. The standard InChI is InChI=1S/C9H15N3OS2/c1-9(7-14)12(6-8(10)15-9)11-2-4-13-5-3-11/h6-7H,2-5,10H2,1H3. The number of hydrazine groups is 1. The first-order valence-electron chi connectivity index (χ1n) is 4.90. The van der Waals surface area contributed by atoms with Crippen LogP contribution in [0.5, 0.6) is 0 Å². The van der Waals surface area contributed by atoms with Gasteiger partial charge >= 0.3 is 0 Å². The summed E-state index contributed by atoms with van der Waals surface area (Å²) in [5.41, 5.74) is 5.84. The minimum atomic E-state index is -0.225. The summed E-state index contributed by atoms with van der Waals surface area (Å²) < 4.78 is 5.32. The van der Waals surface area contributed by atoms with E-state index in [2.05, 4.69) is 16.9 Å². The van der Waals surface area contributed by atoms with Crippen LogP contribution >= 0.6 is 24.0 Å². The van der Waals surface area contributed by atoms with Crippen molar-refractivity contribution in [1.29, 1.82) is 0 Å². The SMILES string of the molecule is CC1(C=S)SC(N)=CN1N1CCOCC1. The van der Waals surface area contributed by atoms with Crippen LogP contribution in [0.4, 0.5) is 0 Å². The third-order valence-corrected chi connectivity index (χ3v) is 4.21. The molecule has 0 aliphatic carbocycles. The molecule has 0 aromatic heterocycles. The molecule has 0 spiro atoms. The number of nitrogens with two attached hydrogens (primary N) is 1. The van der Waals surface area contributed by atoms with Gasteiger partial charge in [-0.2, -0.15) is 0 Å². The number of hydrogen-bond acceptors (Lipinski definition) is 6. The number of thiocarbonyl (C=S) groups is 1. The molecule has 6 heteroatoms. The third kappa shape index (κ3) is 2.13. The summed E-state index contributed by atoms with van der Waals surface area (Å²) in [7, 11) is 0. The van der Waals surface area contributed by atoms with Gasteiger partial charge in [0.15, 0.2) is 0 Å². The maximum absolute atomic E-state index is 5.84. The Bertz CT molecular complexity index is 291. The number of thioether (sulfide) groups is 1. The second-order valence-electron chi connectivity index (χ2n) is 3.72. The lowest BCUT2D eigenvalue weighted by atomic mass is 10.3. The van der Waals surface area contributed by atoms with Crippen LogP contribution in [-0.2, 0) is 4.74 Å². The average Bonchev–Trinajstić information content (AvgIpc) is 2.56. The summed E-state index contributed by atoms with van der Waals surface area (Å²) in [4.78, 5) is -0.225. The molecule has 84 valence electrons. The summed E-state index contributed by atoms with van der Waals surface area (Å²) in [6, 6.07) is 0. The molecule has 0 aromatic carbocycles. The van der Waals surface area contributed by atoms with Crippen molar-refractivity contribution in [2.75, 3.05) is 26.3 Å². The Morgan fingerprint density at radius 3 is 2.87 bits per heavy atom. The van der Waals surface area contributed by atoms with Crippen LogP contribution in [0.1, 0.15) is 6.92 Å². The second kappa shape index (κ2) is 4.29. The number of ether oxygens (including phenoxy) is 1. The summed E-state index contributed by atoms with van der Waals surface area (Å²) in [6.45, 7) is 5.40. The Morgan fingerprint density at radius 1 is 1.60 bits per heavy atom. The first kappa shape index (κ1) is 11.2. The highest BCUT2D eigenvalue weighted by molar-refractivity contribution is 8.05. The van der Waals surface area contributed by atoms with Gasteiger partial charge in [0.05, 0.1) is 18.2 Å². The predicted molar refractivity (Wildman–Crippen MR) is 66.2 cm³/mol. The molecule has 1 unspecified atom stereocenters. The van der Waals surface area contributed by atoms with Crippen LogP contribution in [0, 0.1) is 0 Å². The summed E-state index contributed by atoms with van der Waals surface area (Å²) in [6.07, 6.45) is 1.96. The van der Waals surface area contributed by atoms with Crippen molar-refractivity contribution < 1.29 is 4.74 Å². The fraction of sp³-hybridized carbons (Fsp3) is 0.667. The normalized spacial score (nSPS) is 32.9. The Morgan fingerprint density at radius 2 is 2.27 bits per heavy atom. The van der Waals surface area contributed by atoms with Crippen LogP contribution in [0.15, 0.2) is 11.2 Å². The number of hydrogen-bond donors (Lipinski definition) is 1. The predicted octanol–water partition coefficient (Wildman–Crippen LogP) is 0.756. The lowest BCUT2D eigenvalue weighted by Gasteiger charge is -2.42. The molecule has 2 aliphatic heterocycles. The van der Waals surface area contributed by atoms with E-state index < -0.39 is 0 Å². The van der Waals surface area contributed by atoms with Crippen LogP contribution in [0.3, 0.4) is 0 Å². The summed E-state index contributed by atoms with van der Waals surface area (Å²) in [5, 5.41) is 6.94. The minimum Gasteiger partial charge on any atom is -0.392 e. The van der Waals surface area contributed by atoms with Crippen molar-refractivity contribution >= 4 is 29.3 Å². The Balaban J connectivity index is 2.14. The quantitative estimate of drug-likeness (QED) is 0.724. The zero-order valence-corrected chi connectivity index (χ0v) is 10.3. The molecule has 0 bridgehead atoms. The van der Waals surface area contributed by atoms with Gasteiger partial charge in [-0.05, 0) is 6.92 Å². The topological polar surface area (TPSA) is 41.7 Å². The molecule has 0 amide bonds. The zero-order valence-electron chi connectivity index (χ0n) is 8.68. The van der Waals surface area contributed by atoms with Gasteiger partial charge in [0.25, 0.3) is 0 Å². The van der Waals surface area contributed by atoms with E-state index in [4.69, 9.17) is 22.7 Å². The maximum Gasteiger partial charge on any atom is 0.132 e. The molecule has 1 saturated heterocycles. The van der Waals surface area contributed by atoms with E-state index in [-0.39, 0.29) is 4.87 Å². The van der Waals surface area contributed by atoms with Gasteiger partial charge < -0.3 is 10.5 Å². The Kier molecular flexibility index (Phi) is 3.20. The van der Waals surface area contributed by atoms with Gasteiger partial charge in [-0.15, -0.1) is 0 Å². The minimum absolute atomic E-state index is 0.225. The van der Waals surface area contributed by atoms with E-state index in [0.29, 0.717) is 0 Å². The molecule has 2 rings (SSSR count). The molecule has 1 fully saturated rings. The Labute approximate surface area is 99.4 Å². The van der Waals surface area contributed by atoms with E-state index in [1.54, 1.807) is 17.1 Å². The smallest absolute Gasteiger partial charge is 0.132 e. The number of nitrogens with zero attached hydrogens (tertiary/aromatic N) is 2. The lowest BCUT2D eigenvalue weighted by molar-refractivity contribution is -0.0728. The first-order valence-corrected chi connectivity index (χ1v) is 6.19. The monoisotopic (exact) mass is 245 g/mol. The van der Waals surface area contributed by atoms with Crippen molar-refractivity contribution in [3.8, 4) is 0 Å². The third-order valence-electron chi connectivity index (χ3n) is 2.54. The van der Waals surface area contributed by atoms with Crippen LogP contribution in [0.2, 0.25) is 0 Å². The summed E-state index contributed by atoms with van der Waals surface area (Å²) in [5.74, 6) is 0. The van der Waals surface area contributed by atoms with Crippen LogP contribution < -0.4 is 5.73 Å². The van der Waals surface area contributed by atoms with Gasteiger partial charge in [-0.25, -0.2) is 5.01 Å². The molecule has 0 radical (unpaired) electrons. The van der Waals surface area contributed by atoms with Crippen molar-refractivity contribution in [3.05, 3.63) is 11.2 Å². The van der Waals surface area contributed by atoms with E-state index in [9.17, 15) is 0 Å². The summed E-state index contributed by atoms with van der Waals surface area (Å²) >= 11 is 6.68. The number of rotatable bonds is 2. The van der Waals surface area contributed by atoms with E-state index in [0.717, 1.165) is 31.3 Å². The van der Waals surface area contributed by atoms with Crippen molar-refractivity contribution in [3.63, 3.8) is 0 Å². The lowest BCUT2D eigenvalue weighted by Crippen LogP contribution is -2.53. The van der Waals surface area contributed by atoms with Gasteiger partial charge in [0.1, 0.15) is 4.87 Å². The molecule has 2 heterocycles. The molecule has 15 heavy (non-hydrogen) atoms. The maximum atomic E-state index is 5.84. The van der Waals surface area contributed by atoms with Crippen molar-refractivity contribution in [2.45, 2.75) is 11.8 Å². The number of morpholine rings is 1. The molecule has 1 atom stereocenters. The second-order valence-corrected chi connectivity index (χ2v) is 5.45. The van der Waals surface area contributed by atoms with Gasteiger partial charge in [-0.3, -0.25) is 5.01 Å². The fourth-order valence-electron chi connectivity index (χ4n) is 1.77. The zero-order chi connectivity index (χ0) is 10.9.